The Morgan fingerprint density at radius 1 is 1.22 bits per heavy atom. The first-order valence-corrected chi connectivity index (χ1v) is 8.64. The van der Waals surface area contributed by atoms with Crippen molar-refractivity contribution in [1.29, 1.82) is 0 Å². The van der Waals surface area contributed by atoms with Crippen LogP contribution in [-0.4, -0.2) is 45.6 Å². The molecule has 0 spiro atoms. The van der Waals surface area contributed by atoms with E-state index in [-0.39, 0.29) is 17.4 Å². The Kier molecular flexibility index (Phi) is 7.00. The molecule has 0 aliphatic heterocycles. The second kappa shape index (κ2) is 8.29. The SMILES string of the molecule is CCN(CC)C(=O)Oc1cc(C)nc(SCC(=O)C(C)(C)C)n1. The van der Waals surface area contributed by atoms with Crippen LogP contribution in [0.25, 0.3) is 0 Å². The number of carbonyl (C=O) groups is 2. The van der Waals surface area contributed by atoms with Crippen LogP contribution in [0.3, 0.4) is 0 Å². The van der Waals surface area contributed by atoms with Gasteiger partial charge in [0, 0.05) is 30.3 Å². The summed E-state index contributed by atoms with van der Waals surface area (Å²) in [6.07, 6.45) is -0.435. The summed E-state index contributed by atoms with van der Waals surface area (Å²) >= 11 is 1.25. The molecule has 1 rings (SSSR count). The molecule has 1 heterocycles. The van der Waals surface area contributed by atoms with Crippen molar-refractivity contribution in [1.82, 2.24) is 14.9 Å². The zero-order valence-electron chi connectivity index (χ0n) is 14.7. The fourth-order valence-corrected chi connectivity index (χ4v) is 2.67. The molecule has 1 amide bonds. The number of aryl methyl sites for hydroxylation is 1. The molecule has 0 aromatic carbocycles. The quantitative estimate of drug-likeness (QED) is 0.585. The van der Waals surface area contributed by atoms with Gasteiger partial charge in [0.05, 0.1) is 5.75 Å². The summed E-state index contributed by atoms with van der Waals surface area (Å²) in [5.74, 6) is 0.616. The van der Waals surface area contributed by atoms with Crippen LogP contribution in [0.4, 0.5) is 4.79 Å². The number of hydrogen-bond donors (Lipinski definition) is 0. The highest BCUT2D eigenvalue weighted by molar-refractivity contribution is 7.99. The van der Waals surface area contributed by atoms with Crippen molar-refractivity contribution >= 4 is 23.6 Å². The predicted octanol–water partition coefficient (Wildman–Crippen LogP) is 3.33. The second-order valence-corrected chi connectivity index (χ2v) is 7.07. The molecule has 0 radical (unpaired) electrons. The molecule has 1 aromatic rings. The minimum Gasteiger partial charge on any atom is -0.391 e. The van der Waals surface area contributed by atoms with Crippen LogP contribution in [0, 0.1) is 12.3 Å². The van der Waals surface area contributed by atoms with Gasteiger partial charge in [-0.1, -0.05) is 32.5 Å². The van der Waals surface area contributed by atoms with Gasteiger partial charge in [-0.05, 0) is 20.8 Å². The lowest BCUT2D eigenvalue weighted by molar-refractivity contribution is -0.123. The van der Waals surface area contributed by atoms with Crippen molar-refractivity contribution < 1.29 is 14.3 Å². The molecule has 23 heavy (non-hydrogen) atoms. The van der Waals surface area contributed by atoms with Gasteiger partial charge >= 0.3 is 6.09 Å². The molecule has 0 aliphatic rings. The Labute approximate surface area is 142 Å². The number of amides is 1. The van der Waals surface area contributed by atoms with Gasteiger partial charge in [0.15, 0.2) is 5.16 Å². The molecule has 0 aliphatic carbocycles. The second-order valence-electron chi connectivity index (χ2n) is 6.13. The zero-order chi connectivity index (χ0) is 17.6. The lowest BCUT2D eigenvalue weighted by atomic mass is 9.92. The van der Waals surface area contributed by atoms with E-state index in [2.05, 4.69) is 9.97 Å². The summed E-state index contributed by atoms with van der Waals surface area (Å²) in [5.41, 5.74) is 0.294. The van der Waals surface area contributed by atoms with Crippen molar-refractivity contribution in [2.45, 2.75) is 46.7 Å². The monoisotopic (exact) mass is 339 g/mol. The number of carbonyl (C=O) groups excluding carboxylic acids is 2. The number of Topliss-reactive ketones (excluding diaryl/α,β-unsaturated/α-hetero) is 1. The third-order valence-corrected chi connectivity index (χ3v) is 4.04. The average Bonchev–Trinajstić information content (AvgIpc) is 2.44. The van der Waals surface area contributed by atoms with Gasteiger partial charge < -0.3 is 9.64 Å². The first-order chi connectivity index (χ1) is 10.7. The highest BCUT2D eigenvalue weighted by Gasteiger charge is 2.22. The Morgan fingerprint density at radius 3 is 2.35 bits per heavy atom. The van der Waals surface area contributed by atoms with E-state index >= 15 is 0 Å². The molecule has 6 nitrogen and oxygen atoms in total. The van der Waals surface area contributed by atoms with Gasteiger partial charge in [0.1, 0.15) is 5.78 Å². The summed E-state index contributed by atoms with van der Waals surface area (Å²) < 4.78 is 5.29. The van der Waals surface area contributed by atoms with Crippen LogP contribution in [-0.2, 0) is 4.79 Å². The molecule has 0 saturated heterocycles. The zero-order valence-corrected chi connectivity index (χ0v) is 15.5. The number of thioether (sulfide) groups is 1. The van der Waals surface area contributed by atoms with Crippen LogP contribution in [0.5, 0.6) is 5.88 Å². The highest BCUT2D eigenvalue weighted by atomic mass is 32.2. The summed E-state index contributed by atoms with van der Waals surface area (Å²) in [4.78, 5) is 34.0. The van der Waals surface area contributed by atoms with Gasteiger partial charge in [0.2, 0.25) is 5.88 Å². The van der Waals surface area contributed by atoms with E-state index in [1.54, 1.807) is 17.9 Å². The van der Waals surface area contributed by atoms with Crippen molar-refractivity contribution in [2.24, 2.45) is 5.41 Å². The molecular formula is C16H25N3O3S. The summed E-state index contributed by atoms with van der Waals surface area (Å²) in [5, 5.41) is 0.435. The summed E-state index contributed by atoms with van der Waals surface area (Å²) in [6, 6.07) is 1.61. The number of aromatic nitrogens is 2. The maximum atomic E-state index is 12.0. The van der Waals surface area contributed by atoms with Gasteiger partial charge in [-0.15, -0.1) is 0 Å². The van der Waals surface area contributed by atoms with Crippen molar-refractivity contribution in [3.05, 3.63) is 11.8 Å². The van der Waals surface area contributed by atoms with Gasteiger partial charge in [-0.2, -0.15) is 4.98 Å². The molecule has 0 fully saturated rings. The fourth-order valence-electron chi connectivity index (χ4n) is 1.61. The molecule has 0 saturated carbocycles. The lowest BCUT2D eigenvalue weighted by Crippen LogP contribution is -2.33. The van der Waals surface area contributed by atoms with Crippen LogP contribution in [0.1, 0.15) is 40.3 Å². The molecule has 0 unspecified atom stereocenters. The molecule has 0 bridgehead atoms. The maximum absolute atomic E-state index is 12.0. The van der Waals surface area contributed by atoms with E-state index in [4.69, 9.17) is 4.74 Å². The number of hydrogen-bond acceptors (Lipinski definition) is 6. The number of rotatable bonds is 6. The summed E-state index contributed by atoms with van der Waals surface area (Å²) in [6.45, 7) is 12.3. The molecule has 1 aromatic heterocycles. The lowest BCUT2D eigenvalue weighted by Gasteiger charge is -2.18. The van der Waals surface area contributed by atoms with E-state index in [1.165, 1.54) is 11.8 Å². The largest absolute Gasteiger partial charge is 0.416 e. The maximum Gasteiger partial charge on any atom is 0.416 e. The normalized spacial score (nSPS) is 11.2. The van der Waals surface area contributed by atoms with E-state index < -0.39 is 11.5 Å². The van der Waals surface area contributed by atoms with Crippen molar-refractivity contribution in [2.75, 3.05) is 18.8 Å². The summed E-state index contributed by atoms with van der Waals surface area (Å²) in [7, 11) is 0. The molecular weight excluding hydrogens is 314 g/mol. The van der Waals surface area contributed by atoms with Crippen molar-refractivity contribution in [3.8, 4) is 5.88 Å². The number of ketones is 1. The van der Waals surface area contributed by atoms with Gasteiger partial charge in [-0.3, -0.25) is 4.79 Å². The molecule has 128 valence electrons. The Morgan fingerprint density at radius 2 is 1.83 bits per heavy atom. The number of nitrogens with zero attached hydrogens (tertiary/aromatic N) is 3. The highest BCUT2D eigenvalue weighted by Crippen LogP contribution is 2.23. The molecule has 7 heteroatoms. The third kappa shape index (κ3) is 6.17. The van der Waals surface area contributed by atoms with E-state index in [0.717, 1.165) is 0 Å². The Hall–Kier alpha value is -1.63. The van der Waals surface area contributed by atoms with Crippen LogP contribution >= 0.6 is 11.8 Å². The van der Waals surface area contributed by atoms with Crippen LogP contribution in [0.15, 0.2) is 11.2 Å². The van der Waals surface area contributed by atoms with Crippen molar-refractivity contribution in [3.63, 3.8) is 0 Å². The van der Waals surface area contributed by atoms with E-state index in [9.17, 15) is 9.59 Å². The predicted molar refractivity (Wildman–Crippen MR) is 90.9 cm³/mol. The topological polar surface area (TPSA) is 72.4 Å². The van der Waals surface area contributed by atoms with E-state index in [0.29, 0.717) is 23.9 Å². The van der Waals surface area contributed by atoms with Crippen LogP contribution in [0.2, 0.25) is 0 Å². The van der Waals surface area contributed by atoms with E-state index in [1.807, 2.05) is 34.6 Å². The Balaban J connectivity index is 2.79. The smallest absolute Gasteiger partial charge is 0.391 e. The standard InChI is InChI=1S/C16H25N3O3S/c1-7-19(8-2)15(21)22-13-9-11(3)17-14(18-13)23-10-12(20)16(4,5)6/h9H,7-8,10H2,1-6H3. The van der Waals surface area contributed by atoms with Gasteiger partial charge in [0.25, 0.3) is 0 Å². The third-order valence-electron chi connectivity index (χ3n) is 3.19. The Bertz CT molecular complexity index is 566. The minimum atomic E-state index is -0.435. The minimum absolute atomic E-state index is 0.120. The fraction of sp³-hybridized carbons (Fsp3) is 0.625. The average molecular weight is 339 g/mol. The number of ether oxygens (including phenoxy) is 1. The first-order valence-electron chi connectivity index (χ1n) is 7.65. The van der Waals surface area contributed by atoms with Gasteiger partial charge in [-0.25, -0.2) is 9.78 Å². The first kappa shape index (κ1) is 19.4. The molecule has 0 N–H and O–H groups in total. The van der Waals surface area contributed by atoms with Crippen LogP contribution < -0.4 is 4.74 Å². The molecule has 0 atom stereocenters.